The Labute approximate surface area is 99.1 Å². The molecule has 1 rings (SSSR count). The Morgan fingerprint density at radius 2 is 2.00 bits per heavy atom. The number of hydrogen-bond donors (Lipinski definition) is 1. The lowest BCUT2D eigenvalue weighted by molar-refractivity contribution is -0.137. The average molecular weight is 243 g/mol. The zero-order valence-corrected chi connectivity index (χ0v) is 9.88. The van der Waals surface area contributed by atoms with E-state index in [1.165, 1.54) is 6.07 Å². The van der Waals surface area contributed by atoms with Crippen molar-refractivity contribution < 1.29 is 13.2 Å². The molecule has 1 aromatic rings. The second kappa shape index (κ2) is 5.36. The highest BCUT2D eigenvalue weighted by molar-refractivity contribution is 5.54. The number of benzene rings is 1. The fourth-order valence-corrected chi connectivity index (χ4v) is 1.48. The van der Waals surface area contributed by atoms with Crippen LogP contribution in [0.15, 0.2) is 29.8 Å². The van der Waals surface area contributed by atoms with Crippen LogP contribution in [0.5, 0.6) is 0 Å². The van der Waals surface area contributed by atoms with Crippen LogP contribution in [-0.2, 0) is 6.18 Å². The number of rotatable bonds is 3. The zero-order chi connectivity index (χ0) is 13.1. The van der Waals surface area contributed by atoms with E-state index >= 15 is 0 Å². The van der Waals surface area contributed by atoms with Gasteiger partial charge in [0.15, 0.2) is 0 Å². The fourth-order valence-electron chi connectivity index (χ4n) is 1.48. The lowest BCUT2D eigenvalue weighted by Gasteiger charge is -2.10. The zero-order valence-electron chi connectivity index (χ0n) is 9.88. The van der Waals surface area contributed by atoms with Gasteiger partial charge in [0.2, 0.25) is 0 Å². The molecule has 2 N–H and O–H groups in total. The molecule has 0 fully saturated rings. The highest BCUT2D eigenvalue weighted by atomic mass is 19.4. The first-order valence-electron chi connectivity index (χ1n) is 5.42. The van der Waals surface area contributed by atoms with Gasteiger partial charge < -0.3 is 5.73 Å². The maximum absolute atomic E-state index is 12.5. The molecule has 1 aromatic carbocycles. The van der Waals surface area contributed by atoms with Crippen molar-refractivity contribution in [1.29, 1.82) is 0 Å². The number of halogens is 3. The number of hydrogen-bond acceptors (Lipinski definition) is 1. The van der Waals surface area contributed by atoms with Crippen LogP contribution in [0, 0.1) is 5.92 Å². The Kier molecular flexibility index (Phi) is 4.34. The van der Waals surface area contributed by atoms with Crippen molar-refractivity contribution >= 4 is 6.08 Å². The van der Waals surface area contributed by atoms with E-state index < -0.39 is 11.7 Å². The fraction of sp³-hybridized carbons (Fsp3) is 0.385. The SMILES string of the molecule is CC(C)C(=Cc1cccc(C(F)(F)F)c1)CN. The average Bonchev–Trinajstić information content (AvgIpc) is 2.24. The second-order valence-corrected chi connectivity index (χ2v) is 4.20. The molecular weight excluding hydrogens is 227 g/mol. The molecule has 0 aliphatic heterocycles. The number of alkyl halides is 3. The lowest BCUT2D eigenvalue weighted by Crippen LogP contribution is -2.08. The minimum Gasteiger partial charge on any atom is -0.327 e. The molecule has 0 atom stereocenters. The standard InChI is InChI=1S/C13H16F3N/c1-9(2)11(8-17)6-10-4-3-5-12(7-10)13(14,15)16/h3-7,9H,8,17H2,1-2H3. The summed E-state index contributed by atoms with van der Waals surface area (Å²) >= 11 is 0. The molecule has 0 spiro atoms. The van der Waals surface area contributed by atoms with Gasteiger partial charge in [-0.15, -0.1) is 0 Å². The van der Waals surface area contributed by atoms with E-state index in [1.807, 2.05) is 13.8 Å². The Bertz CT molecular complexity index is 405. The summed E-state index contributed by atoms with van der Waals surface area (Å²) in [5.74, 6) is 0.231. The predicted molar refractivity (Wildman–Crippen MR) is 63.3 cm³/mol. The first-order chi connectivity index (χ1) is 7.84. The topological polar surface area (TPSA) is 26.0 Å². The van der Waals surface area contributed by atoms with E-state index in [9.17, 15) is 13.2 Å². The van der Waals surface area contributed by atoms with Gasteiger partial charge in [-0.3, -0.25) is 0 Å². The molecule has 0 saturated carbocycles. The molecule has 0 radical (unpaired) electrons. The summed E-state index contributed by atoms with van der Waals surface area (Å²) in [6, 6.07) is 5.25. The largest absolute Gasteiger partial charge is 0.416 e. The molecule has 94 valence electrons. The van der Waals surface area contributed by atoms with Gasteiger partial charge in [-0.05, 0) is 23.6 Å². The lowest BCUT2D eigenvalue weighted by atomic mass is 9.99. The second-order valence-electron chi connectivity index (χ2n) is 4.20. The van der Waals surface area contributed by atoms with E-state index in [1.54, 1.807) is 12.1 Å². The third-order valence-corrected chi connectivity index (χ3v) is 2.54. The van der Waals surface area contributed by atoms with Gasteiger partial charge in [0.1, 0.15) is 0 Å². The van der Waals surface area contributed by atoms with Gasteiger partial charge >= 0.3 is 6.18 Å². The molecule has 0 aliphatic rings. The Balaban J connectivity index is 3.08. The van der Waals surface area contributed by atoms with Crippen molar-refractivity contribution in [3.8, 4) is 0 Å². The minimum absolute atomic E-state index is 0.231. The molecule has 0 saturated heterocycles. The molecule has 0 heterocycles. The Hall–Kier alpha value is -1.29. The summed E-state index contributed by atoms with van der Waals surface area (Å²) in [5, 5.41) is 0. The summed E-state index contributed by atoms with van der Waals surface area (Å²) in [6.07, 6.45) is -2.58. The van der Waals surface area contributed by atoms with E-state index in [0.29, 0.717) is 12.1 Å². The molecular formula is C13H16F3N. The van der Waals surface area contributed by atoms with Crippen LogP contribution < -0.4 is 5.73 Å². The van der Waals surface area contributed by atoms with E-state index in [4.69, 9.17) is 5.73 Å². The number of nitrogens with two attached hydrogens (primary N) is 1. The first-order valence-corrected chi connectivity index (χ1v) is 5.42. The van der Waals surface area contributed by atoms with E-state index in [2.05, 4.69) is 0 Å². The van der Waals surface area contributed by atoms with Gasteiger partial charge in [-0.2, -0.15) is 13.2 Å². The van der Waals surface area contributed by atoms with Crippen LogP contribution in [0.4, 0.5) is 13.2 Å². The van der Waals surface area contributed by atoms with Gasteiger partial charge in [0.05, 0.1) is 5.56 Å². The van der Waals surface area contributed by atoms with Crippen molar-refractivity contribution in [3.63, 3.8) is 0 Å². The van der Waals surface area contributed by atoms with Gasteiger partial charge in [0.25, 0.3) is 0 Å². The molecule has 0 unspecified atom stereocenters. The smallest absolute Gasteiger partial charge is 0.327 e. The summed E-state index contributed by atoms with van der Waals surface area (Å²) in [5.41, 5.74) is 6.39. The minimum atomic E-state index is -4.30. The molecule has 1 nitrogen and oxygen atoms in total. The van der Waals surface area contributed by atoms with Crippen molar-refractivity contribution in [1.82, 2.24) is 0 Å². The molecule has 0 aromatic heterocycles. The Morgan fingerprint density at radius 3 is 2.47 bits per heavy atom. The quantitative estimate of drug-likeness (QED) is 0.860. The van der Waals surface area contributed by atoms with Gasteiger partial charge in [0, 0.05) is 6.54 Å². The summed E-state index contributed by atoms with van der Waals surface area (Å²) in [7, 11) is 0. The van der Waals surface area contributed by atoms with Crippen LogP contribution in [0.1, 0.15) is 25.0 Å². The molecule has 0 aliphatic carbocycles. The van der Waals surface area contributed by atoms with Gasteiger partial charge in [-0.1, -0.05) is 37.6 Å². The van der Waals surface area contributed by atoms with Crippen molar-refractivity contribution in [3.05, 3.63) is 41.0 Å². The van der Waals surface area contributed by atoms with Crippen LogP contribution in [0.2, 0.25) is 0 Å². The predicted octanol–water partition coefficient (Wildman–Crippen LogP) is 3.70. The van der Waals surface area contributed by atoms with E-state index in [0.717, 1.165) is 17.7 Å². The van der Waals surface area contributed by atoms with Crippen LogP contribution in [0.25, 0.3) is 6.08 Å². The van der Waals surface area contributed by atoms with Crippen LogP contribution in [-0.4, -0.2) is 6.54 Å². The van der Waals surface area contributed by atoms with Crippen molar-refractivity contribution in [2.24, 2.45) is 11.7 Å². The summed E-state index contributed by atoms with van der Waals surface area (Å²) < 4.78 is 37.5. The van der Waals surface area contributed by atoms with E-state index in [-0.39, 0.29) is 5.92 Å². The third-order valence-electron chi connectivity index (χ3n) is 2.54. The highest BCUT2D eigenvalue weighted by Crippen LogP contribution is 2.30. The normalized spacial score (nSPS) is 13.2. The van der Waals surface area contributed by atoms with Crippen LogP contribution in [0.3, 0.4) is 0 Å². The maximum atomic E-state index is 12.5. The Morgan fingerprint density at radius 1 is 1.35 bits per heavy atom. The molecule has 17 heavy (non-hydrogen) atoms. The van der Waals surface area contributed by atoms with Crippen molar-refractivity contribution in [2.45, 2.75) is 20.0 Å². The molecule has 4 heteroatoms. The van der Waals surface area contributed by atoms with Crippen molar-refractivity contribution in [2.75, 3.05) is 6.54 Å². The molecule has 0 amide bonds. The highest BCUT2D eigenvalue weighted by Gasteiger charge is 2.30. The van der Waals surface area contributed by atoms with Crippen LogP contribution >= 0.6 is 0 Å². The summed E-state index contributed by atoms with van der Waals surface area (Å²) in [6.45, 7) is 4.28. The third kappa shape index (κ3) is 3.89. The van der Waals surface area contributed by atoms with Gasteiger partial charge in [-0.25, -0.2) is 0 Å². The maximum Gasteiger partial charge on any atom is 0.416 e. The summed E-state index contributed by atoms with van der Waals surface area (Å²) in [4.78, 5) is 0. The molecule has 0 bridgehead atoms. The monoisotopic (exact) mass is 243 g/mol. The first kappa shape index (κ1) is 13.8.